The maximum atomic E-state index is 8.91. The smallest absolute Gasteiger partial charge is 0.117 e. The summed E-state index contributed by atoms with van der Waals surface area (Å²) >= 11 is 0. The lowest BCUT2D eigenvalue weighted by Crippen LogP contribution is -2.24. The third-order valence-corrected chi connectivity index (χ3v) is 1.56. The quantitative estimate of drug-likeness (QED) is 0.190. The molecule has 0 aliphatic carbocycles. The van der Waals surface area contributed by atoms with Crippen molar-refractivity contribution in [1.29, 1.82) is 0 Å². The lowest BCUT2D eigenvalue weighted by molar-refractivity contribution is -0.370. The van der Waals surface area contributed by atoms with Crippen molar-refractivity contribution in [2.75, 3.05) is 33.0 Å². The summed E-state index contributed by atoms with van der Waals surface area (Å²) in [6.07, 6.45) is -2.42. The van der Waals surface area contributed by atoms with Crippen LogP contribution in [-0.4, -0.2) is 71.8 Å². The Balaban J connectivity index is 3.31. The van der Waals surface area contributed by atoms with Crippen molar-refractivity contribution in [3.63, 3.8) is 0 Å². The van der Waals surface area contributed by atoms with Crippen molar-refractivity contribution in [3.8, 4) is 0 Å². The van der Waals surface area contributed by atoms with E-state index >= 15 is 0 Å². The van der Waals surface area contributed by atoms with Gasteiger partial charge in [0.1, 0.15) is 38.1 Å². The van der Waals surface area contributed by atoms with E-state index in [1.807, 2.05) is 0 Å². The summed E-state index contributed by atoms with van der Waals surface area (Å²) < 4.78 is 0. The first-order valence-corrected chi connectivity index (χ1v) is 5.20. The Hall–Kier alpha value is -0.320. The Labute approximate surface area is 99.1 Å². The molecule has 0 radical (unpaired) electrons. The average molecular weight is 256 g/mol. The highest BCUT2D eigenvalue weighted by atomic mass is 17.2. The standard InChI is InChI=1S/C9H20O8/c1-7(17-16-6-9(13)3-11)4-14-15-5-8(12)2-10/h7-13H,2-6H2,1H3. The maximum absolute atomic E-state index is 8.91. The zero-order valence-electron chi connectivity index (χ0n) is 9.69. The van der Waals surface area contributed by atoms with E-state index in [4.69, 9.17) is 25.3 Å². The van der Waals surface area contributed by atoms with Crippen molar-refractivity contribution in [1.82, 2.24) is 0 Å². The molecule has 3 atom stereocenters. The third-order valence-electron chi connectivity index (χ3n) is 1.56. The molecule has 0 amide bonds. The molecule has 3 unspecified atom stereocenters. The summed E-state index contributed by atoms with van der Waals surface area (Å²) in [5.74, 6) is 0. The fourth-order valence-corrected chi connectivity index (χ4v) is 0.638. The van der Waals surface area contributed by atoms with Gasteiger partial charge in [-0.3, -0.25) is 0 Å². The van der Waals surface area contributed by atoms with Gasteiger partial charge >= 0.3 is 0 Å². The van der Waals surface area contributed by atoms with Gasteiger partial charge < -0.3 is 20.4 Å². The molecular weight excluding hydrogens is 236 g/mol. The fraction of sp³-hybridized carbons (Fsp3) is 1.00. The average Bonchev–Trinajstić information content (AvgIpc) is 2.33. The molecule has 0 aliphatic rings. The van der Waals surface area contributed by atoms with Crippen molar-refractivity contribution in [2.45, 2.75) is 25.2 Å². The van der Waals surface area contributed by atoms with Crippen LogP contribution in [0.2, 0.25) is 0 Å². The SMILES string of the molecule is CC(COOCC(O)CO)OOCC(O)CO. The zero-order chi connectivity index (χ0) is 13.1. The minimum Gasteiger partial charge on any atom is -0.394 e. The van der Waals surface area contributed by atoms with Gasteiger partial charge in [-0.15, -0.1) is 0 Å². The van der Waals surface area contributed by atoms with Crippen LogP contribution in [0.5, 0.6) is 0 Å². The van der Waals surface area contributed by atoms with Crippen molar-refractivity contribution in [3.05, 3.63) is 0 Å². The van der Waals surface area contributed by atoms with Gasteiger partial charge in [-0.05, 0) is 6.92 Å². The zero-order valence-corrected chi connectivity index (χ0v) is 9.69. The molecule has 0 spiro atoms. The van der Waals surface area contributed by atoms with Crippen LogP contribution in [0.1, 0.15) is 6.92 Å². The highest BCUT2D eigenvalue weighted by Gasteiger charge is 2.08. The summed E-state index contributed by atoms with van der Waals surface area (Å²) in [7, 11) is 0. The molecule has 0 aliphatic heterocycles. The molecule has 0 saturated heterocycles. The Morgan fingerprint density at radius 1 is 0.824 bits per heavy atom. The van der Waals surface area contributed by atoms with Gasteiger partial charge in [0.25, 0.3) is 0 Å². The van der Waals surface area contributed by atoms with E-state index in [0.29, 0.717) is 0 Å². The van der Waals surface area contributed by atoms with E-state index in [0.717, 1.165) is 0 Å². The maximum Gasteiger partial charge on any atom is 0.117 e. The third kappa shape index (κ3) is 10.5. The van der Waals surface area contributed by atoms with Crippen LogP contribution >= 0.6 is 0 Å². The molecule has 0 fully saturated rings. The van der Waals surface area contributed by atoms with E-state index in [9.17, 15) is 0 Å². The number of aliphatic hydroxyl groups excluding tert-OH is 4. The van der Waals surface area contributed by atoms with Crippen LogP contribution in [0.15, 0.2) is 0 Å². The summed E-state index contributed by atoms with van der Waals surface area (Å²) in [6.45, 7) is 0.580. The molecule has 0 aromatic heterocycles. The first-order valence-electron chi connectivity index (χ1n) is 5.20. The molecule has 8 nitrogen and oxygen atoms in total. The molecule has 0 saturated carbocycles. The monoisotopic (exact) mass is 256 g/mol. The summed E-state index contributed by atoms with van der Waals surface area (Å²) in [4.78, 5) is 18.6. The molecule has 17 heavy (non-hydrogen) atoms. The molecule has 0 aromatic carbocycles. The lowest BCUT2D eigenvalue weighted by atomic mass is 10.4. The van der Waals surface area contributed by atoms with Crippen molar-refractivity contribution >= 4 is 0 Å². The number of hydrogen-bond donors (Lipinski definition) is 4. The predicted octanol–water partition coefficient (Wildman–Crippen LogP) is -2.02. The van der Waals surface area contributed by atoms with Crippen LogP contribution in [0.25, 0.3) is 0 Å². The molecule has 0 aromatic rings. The summed E-state index contributed by atoms with van der Waals surface area (Å²) in [6, 6.07) is 0. The Morgan fingerprint density at radius 2 is 1.29 bits per heavy atom. The molecular formula is C9H20O8. The van der Waals surface area contributed by atoms with Gasteiger partial charge in [0.15, 0.2) is 0 Å². The largest absolute Gasteiger partial charge is 0.394 e. The highest BCUT2D eigenvalue weighted by Crippen LogP contribution is 1.96. The van der Waals surface area contributed by atoms with Crippen LogP contribution in [0.3, 0.4) is 0 Å². The lowest BCUT2D eigenvalue weighted by Gasteiger charge is -2.13. The van der Waals surface area contributed by atoms with Crippen LogP contribution in [0.4, 0.5) is 0 Å². The van der Waals surface area contributed by atoms with Crippen molar-refractivity contribution < 1.29 is 40.0 Å². The van der Waals surface area contributed by atoms with E-state index in [2.05, 4.69) is 14.7 Å². The summed E-state index contributed by atoms with van der Waals surface area (Å²) in [5.41, 5.74) is 0. The number of hydrogen-bond acceptors (Lipinski definition) is 8. The van der Waals surface area contributed by atoms with Crippen LogP contribution in [-0.2, 0) is 19.6 Å². The van der Waals surface area contributed by atoms with E-state index in [-0.39, 0.29) is 19.8 Å². The Morgan fingerprint density at radius 3 is 1.82 bits per heavy atom. The van der Waals surface area contributed by atoms with Gasteiger partial charge in [0.05, 0.1) is 13.2 Å². The minimum atomic E-state index is -0.987. The number of rotatable bonds is 11. The second kappa shape index (κ2) is 10.8. The first-order chi connectivity index (χ1) is 8.10. The second-order valence-electron chi connectivity index (χ2n) is 3.43. The van der Waals surface area contributed by atoms with Gasteiger partial charge in [0, 0.05) is 0 Å². The predicted molar refractivity (Wildman–Crippen MR) is 54.6 cm³/mol. The van der Waals surface area contributed by atoms with E-state index < -0.39 is 31.5 Å². The topological polar surface area (TPSA) is 118 Å². The van der Waals surface area contributed by atoms with Gasteiger partial charge in [-0.1, -0.05) is 0 Å². The van der Waals surface area contributed by atoms with Gasteiger partial charge in [-0.25, -0.2) is 19.6 Å². The molecule has 4 N–H and O–H groups in total. The molecule has 0 rings (SSSR count). The number of aliphatic hydroxyl groups is 4. The normalized spacial score (nSPS) is 16.8. The minimum absolute atomic E-state index is 0.0490. The van der Waals surface area contributed by atoms with Crippen molar-refractivity contribution in [2.24, 2.45) is 0 Å². The molecule has 0 heterocycles. The van der Waals surface area contributed by atoms with E-state index in [1.54, 1.807) is 6.92 Å². The fourth-order valence-electron chi connectivity index (χ4n) is 0.638. The second-order valence-corrected chi connectivity index (χ2v) is 3.43. The van der Waals surface area contributed by atoms with Gasteiger partial charge in [-0.2, -0.15) is 0 Å². The highest BCUT2D eigenvalue weighted by molar-refractivity contribution is 4.48. The van der Waals surface area contributed by atoms with Gasteiger partial charge in [0.2, 0.25) is 0 Å². The molecule has 104 valence electrons. The first kappa shape index (κ1) is 16.7. The van der Waals surface area contributed by atoms with Crippen LogP contribution in [0, 0.1) is 0 Å². The summed E-state index contributed by atoms with van der Waals surface area (Å²) in [5, 5.41) is 34.7. The molecule has 0 bridgehead atoms. The van der Waals surface area contributed by atoms with E-state index in [1.165, 1.54) is 0 Å². The molecule has 8 heteroatoms. The Kier molecular flexibility index (Phi) is 10.6. The Bertz CT molecular complexity index is 167. The van der Waals surface area contributed by atoms with Crippen LogP contribution < -0.4 is 0 Å².